The first-order valence-electron chi connectivity index (χ1n) is 5.29. The van der Waals surface area contributed by atoms with E-state index in [0.717, 1.165) is 29.3 Å². The molecule has 2 atom stereocenters. The van der Waals surface area contributed by atoms with E-state index in [9.17, 15) is 0 Å². The third kappa shape index (κ3) is 2.88. The van der Waals surface area contributed by atoms with E-state index in [1.54, 1.807) is 4.68 Å². The van der Waals surface area contributed by atoms with Gasteiger partial charge in [0.05, 0.1) is 5.69 Å². The Kier molecular flexibility index (Phi) is 4.47. The summed E-state index contributed by atoms with van der Waals surface area (Å²) in [6.45, 7) is 6.25. The SMILES string of the molecule is CCC(Cl)C(C)Cc1c(C)nn(C)c1Cl. The van der Waals surface area contributed by atoms with E-state index >= 15 is 0 Å². The summed E-state index contributed by atoms with van der Waals surface area (Å²) >= 11 is 12.4. The molecule has 0 fully saturated rings. The van der Waals surface area contributed by atoms with Crippen LogP contribution in [-0.4, -0.2) is 15.2 Å². The molecule has 1 aromatic heterocycles. The summed E-state index contributed by atoms with van der Waals surface area (Å²) in [5, 5.41) is 5.23. The van der Waals surface area contributed by atoms with Crippen molar-refractivity contribution in [1.29, 1.82) is 0 Å². The number of rotatable bonds is 4. The van der Waals surface area contributed by atoms with Gasteiger partial charge in [0, 0.05) is 18.0 Å². The molecule has 0 bridgehead atoms. The highest BCUT2D eigenvalue weighted by Crippen LogP contribution is 2.25. The summed E-state index contributed by atoms with van der Waals surface area (Å²) in [4.78, 5) is 0. The summed E-state index contributed by atoms with van der Waals surface area (Å²) in [7, 11) is 1.86. The van der Waals surface area contributed by atoms with Crippen molar-refractivity contribution in [3.8, 4) is 0 Å². The van der Waals surface area contributed by atoms with Crippen LogP contribution in [0.1, 0.15) is 31.5 Å². The first-order valence-corrected chi connectivity index (χ1v) is 6.10. The van der Waals surface area contributed by atoms with Gasteiger partial charge in [0.15, 0.2) is 0 Å². The Morgan fingerprint density at radius 3 is 2.47 bits per heavy atom. The number of alkyl halides is 1. The number of halogens is 2. The number of hydrogen-bond acceptors (Lipinski definition) is 1. The van der Waals surface area contributed by atoms with Gasteiger partial charge < -0.3 is 0 Å². The van der Waals surface area contributed by atoms with Crippen molar-refractivity contribution < 1.29 is 0 Å². The van der Waals surface area contributed by atoms with Gasteiger partial charge in [-0.05, 0) is 25.7 Å². The van der Waals surface area contributed by atoms with Crippen molar-refractivity contribution in [2.45, 2.75) is 39.0 Å². The predicted octanol–water partition coefficient (Wildman–Crippen LogP) is 3.58. The first-order chi connectivity index (χ1) is 6.97. The molecule has 0 aromatic carbocycles. The molecule has 0 radical (unpaired) electrons. The van der Waals surface area contributed by atoms with Crippen LogP contribution in [-0.2, 0) is 13.5 Å². The molecule has 0 saturated carbocycles. The Labute approximate surface area is 102 Å². The van der Waals surface area contributed by atoms with Gasteiger partial charge in [-0.2, -0.15) is 5.10 Å². The second-order valence-electron chi connectivity index (χ2n) is 4.08. The van der Waals surface area contributed by atoms with Crippen LogP contribution in [0.5, 0.6) is 0 Å². The summed E-state index contributed by atoms with van der Waals surface area (Å²) < 4.78 is 1.72. The quantitative estimate of drug-likeness (QED) is 0.746. The molecule has 1 rings (SSSR count). The zero-order valence-corrected chi connectivity index (χ0v) is 11.2. The maximum atomic E-state index is 6.21. The smallest absolute Gasteiger partial charge is 0.130 e. The van der Waals surface area contributed by atoms with E-state index in [4.69, 9.17) is 23.2 Å². The van der Waals surface area contributed by atoms with Gasteiger partial charge in [0.25, 0.3) is 0 Å². The van der Waals surface area contributed by atoms with E-state index in [2.05, 4.69) is 18.9 Å². The predicted molar refractivity (Wildman–Crippen MR) is 65.8 cm³/mol. The van der Waals surface area contributed by atoms with E-state index < -0.39 is 0 Å². The van der Waals surface area contributed by atoms with E-state index in [-0.39, 0.29) is 5.38 Å². The van der Waals surface area contributed by atoms with Gasteiger partial charge in [-0.3, -0.25) is 4.68 Å². The Morgan fingerprint density at radius 2 is 2.07 bits per heavy atom. The van der Waals surface area contributed by atoms with Gasteiger partial charge in [-0.1, -0.05) is 25.4 Å². The van der Waals surface area contributed by atoms with Crippen molar-refractivity contribution in [3.05, 3.63) is 16.4 Å². The largest absolute Gasteiger partial charge is 0.257 e. The lowest BCUT2D eigenvalue weighted by atomic mass is 9.97. The Morgan fingerprint density at radius 1 is 1.47 bits per heavy atom. The van der Waals surface area contributed by atoms with Crippen molar-refractivity contribution >= 4 is 23.2 Å². The van der Waals surface area contributed by atoms with Gasteiger partial charge in [-0.25, -0.2) is 0 Å². The van der Waals surface area contributed by atoms with Crippen LogP contribution in [0.25, 0.3) is 0 Å². The fourth-order valence-electron chi connectivity index (χ4n) is 1.76. The average molecular weight is 249 g/mol. The van der Waals surface area contributed by atoms with Crippen molar-refractivity contribution in [2.75, 3.05) is 0 Å². The zero-order chi connectivity index (χ0) is 11.6. The van der Waals surface area contributed by atoms with E-state index in [1.165, 1.54) is 0 Å². The molecule has 0 aliphatic rings. The Hall–Kier alpha value is -0.210. The fraction of sp³-hybridized carbons (Fsp3) is 0.727. The third-order valence-corrected chi connectivity index (χ3v) is 4.01. The molecule has 86 valence electrons. The minimum Gasteiger partial charge on any atom is -0.257 e. The number of aromatic nitrogens is 2. The summed E-state index contributed by atoms with van der Waals surface area (Å²) in [6.07, 6.45) is 1.89. The molecular weight excluding hydrogens is 231 g/mol. The Bertz CT molecular complexity index is 334. The standard InChI is InChI=1S/C11H18Cl2N2/c1-5-10(12)7(2)6-9-8(3)14-15(4)11(9)13/h7,10H,5-6H2,1-4H3. The lowest BCUT2D eigenvalue weighted by Crippen LogP contribution is -2.13. The van der Waals surface area contributed by atoms with Crippen LogP contribution in [0.3, 0.4) is 0 Å². The minimum atomic E-state index is 0.209. The number of nitrogens with zero attached hydrogens (tertiary/aromatic N) is 2. The molecule has 0 amide bonds. The van der Waals surface area contributed by atoms with Crippen LogP contribution in [0, 0.1) is 12.8 Å². The molecule has 0 spiro atoms. The molecule has 0 aliphatic heterocycles. The zero-order valence-electron chi connectivity index (χ0n) is 9.72. The average Bonchev–Trinajstić information content (AvgIpc) is 2.43. The van der Waals surface area contributed by atoms with Crippen molar-refractivity contribution in [2.24, 2.45) is 13.0 Å². The maximum Gasteiger partial charge on any atom is 0.130 e. The van der Waals surface area contributed by atoms with Gasteiger partial charge in [0.2, 0.25) is 0 Å². The first kappa shape index (κ1) is 12.9. The Balaban J connectivity index is 2.80. The van der Waals surface area contributed by atoms with Gasteiger partial charge in [-0.15, -0.1) is 11.6 Å². The summed E-state index contributed by atoms with van der Waals surface area (Å²) in [6, 6.07) is 0. The second kappa shape index (κ2) is 5.22. The molecule has 1 heterocycles. The fourth-order valence-corrected chi connectivity index (χ4v) is 2.10. The molecule has 1 aromatic rings. The maximum absolute atomic E-state index is 6.21. The number of aryl methyl sites for hydroxylation is 2. The molecule has 2 unspecified atom stereocenters. The van der Waals surface area contributed by atoms with Crippen LogP contribution in [0.2, 0.25) is 5.15 Å². The monoisotopic (exact) mass is 248 g/mol. The molecule has 0 saturated heterocycles. The second-order valence-corrected chi connectivity index (χ2v) is 5.00. The van der Waals surface area contributed by atoms with Crippen LogP contribution < -0.4 is 0 Å². The van der Waals surface area contributed by atoms with E-state index in [1.807, 2.05) is 14.0 Å². The minimum absolute atomic E-state index is 0.209. The van der Waals surface area contributed by atoms with Gasteiger partial charge in [0.1, 0.15) is 5.15 Å². The molecular formula is C11H18Cl2N2. The lowest BCUT2D eigenvalue weighted by molar-refractivity contribution is 0.530. The van der Waals surface area contributed by atoms with Crippen LogP contribution in [0.4, 0.5) is 0 Å². The van der Waals surface area contributed by atoms with Crippen molar-refractivity contribution in [1.82, 2.24) is 9.78 Å². The topological polar surface area (TPSA) is 17.8 Å². The number of hydrogen-bond donors (Lipinski definition) is 0. The van der Waals surface area contributed by atoms with Crippen molar-refractivity contribution in [3.63, 3.8) is 0 Å². The summed E-state index contributed by atoms with van der Waals surface area (Å²) in [5.41, 5.74) is 2.14. The normalized spacial score (nSPS) is 15.3. The highest BCUT2D eigenvalue weighted by atomic mass is 35.5. The third-order valence-electron chi connectivity index (χ3n) is 2.80. The van der Waals surface area contributed by atoms with Gasteiger partial charge >= 0.3 is 0 Å². The highest BCUT2D eigenvalue weighted by molar-refractivity contribution is 6.30. The molecule has 4 heteroatoms. The molecule has 2 nitrogen and oxygen atoms in total. The highest BCUT2D eigenvalue weighted by Gasteiger charge is 2.18. The summed E-state index contributed by atoms with van der Waals surface area (Å²) in [5.74, 6) is 0.428. The van der Waals surface area contributed by atoms with Crippen LogP contribution >= 0.6 is 23.2 Å². The molecule has 0 aliphatic carbocycles. The lowest BCUT2D eigenvalue weighted by Gasteiger charge is -2.15. The van der Waals surface area contributed by atoms with E-state index in [0.29, 0.717) is 5.92 Å². The molecule has 15 heavy (non-hydrogen) atoms. The van der Waals surface area contributed by atoms with Crippen LogP contribution in [0.15, 0.2) is 0 Å². The molecule has 0 N–H and O–H groups in total.